The lowest BCUT2D eigenvalue weighted by molar-refractivity contribution is -0.127. The van der Waals surface area contributed by atoms with Gasteiger partial charge >= 0.3 is 0 Å². The lowest BCUT2D eigenvalue weighted by Gasteiger charge is -2.34. The van der Waals surface area contributed by atoms with Crippen molar-refractivity contribution in [2.45, 2.75) is 51.2 Å². The molecule has 1 amide bonds. The second-order valence-corrected chi connectivity index (χ2v) is 10.3. The molecule has 0 aliphatic carbocycles. The van der Waals surface area contributed by atoms with Crippen molar-refractivity contribution >= 4 is 21.6 Å². The van der Waals surface area contributed by atoms with Crippen LogP contribution in [0.4, 0.5) is 5.69 Å². The Labute approximate surface area is 201 Å². The maximum atomic E-state index is 13.5. The third kappa shape index (κ3) is 4.80. The number of aryl methyl sites for hydroxylation is 3. The van der Waals surface area contributed by atoms with Gasteiger partial charge in [0.2, 0.25) is 0 Å². The molecule has 1 heterocycles. The lowest BCUT2D eigenvalue weighted by atomic mass is 10.0. The first-order valence-corrected chi connectivity index (χ1v) is 13.0. The average molecular weight is 479 g/mol. The third-order valence-electron chi connectivity index (χ3n) is 6.15. The monoisotopic (exact) mass is 478 g/mol. The maximum Gasteiger partial charge on any atom is 0.264 e. The molecule has 4 rings (SSSR count). The predicted molar refractivity (Wildman–Crippen MR) is 134 cm³/mol. The van der Waals surface area contributed by atoms with E-state index in [2.05, 4.69) is 37.4 Å². The Morgan fingerprint density at radius 1 is 1.00 bits per heavy atom. The van der Waals surface area contributed by atoms with Crippen molar-refractivity contribution in [1.29, 1.82) is 0 Å². The number of amides is 1. The van der Waals surface area contributed by atoms with Crippen molar-refractivity contribution in [2.75, 3.05) is 10.8 Å². The average Bonchev–Trinajstić information content (AvgIpc) is 2.86. The molecule has 0 radical (unpaired) electrons. The van der Waals surface area contributed by atoms with Gasteiger partial charge in [0.05, 0.1) is 17.1 Å². The summed E-state index contributed by atoms with van der Waals surface area (Å²) in [5.74, 6) is 0.0226. The van der Waals surface area contributed by atoms with E-state index in [0.717, 1.165) is 24.0 Å². The lowest BCUT2D eigenvalue weighted by Crippen LogP contribution is -2.50. The van der Waals surface area contributed by atoms with Crippen LogP contribution in [0.1, 0.15) is 36.1 Å². The van der Waals surface area contributed by atoms with Gasteiger partial charge in [-0.25, -0.2) is 8.42 Å². The normalized spacial score (nSPS) is 15.4. The SMILES string of the molecule is CCc1ccc(CC)c(CNC(=O)[C@@H]2CN(S(=O)(=O)c3ccc(C)cc3)c3ccccc3O2)c1. The quantitative estimate of drug-likeness (QED) is 0.546. The van der Waals surface area contributed by atoms with Gasteiger partial charge in [-0.3, -0.25) is 9.10 Å². The number of anilines is 1. The molecular weight excluding hydrogens is 448 g/mol. The van der Waals surface area contributed by atoms with Gasteiger partial charge in [-0.2, -0.15) is 0 Å². The standard InChI is InChI=1S/C27H30N2O4S/c1-4-20-12-13-21(5-2)22(16-20)17-28-27(30)26-18-29(24-8-6-7-9-25(24)33-26)34(31,32)23-14-10-19(3)11-15-23/h6-16,26H,4-5,17-18H2,1-3H3,(H,28,30)/t26-/m0/s1. The number of nitrogens with one attached hydrogen (secondary N) is 1. The molecule has 6 nitrogen and oxygen atoms in total. The first kappa shape index (κ1) is 23.8. The van der Waals surface area contributed by atoms with Crippen LogP contribution in [0.2, 0.25) is 0 Å². The van der Waals surface area contributed by atoms with Gasteiger partial charge in [0, 0.05) is 6.54 Å². The number of sulfonamides is 1. The summed E-state index contributed by atoms with van der Waals surface area (Å²) in [4.78, 5) is 13.3. The van der Waals surface area contributed by atoms with Crippen LogP contribution in [0.25, 0.3) is 0 Å². The highest BCUT2D eigenvalue weighted by Crippen LogP contribution is 2.36. The molecule has 1 atom stereocenters. The van der Waals surface area contributed by atoms with Gasteiger partial charge in [-0.15, -0.1) is 0 Å². The van der Waals surface area contributed by atoms with E-state index in [1.54, 1.807) is 48.5 Å². The molecule has 1 N–H and O–H groups in total. The summed E-state index contributed by atoms with van der Waals surface area (Å²) >= 11 is 0. The van der Waals surface area contributed by atoms with Crippen LogP contribution >= 0.6 is 0 Å². The van der Waals surface area contributed by atoms with Gasteiger partial charge < -0.3 is 10.1 Å². The molecule has 0 spiro atoms. The largest absolute Gasteiger partial charge is 0.476 e. The Balaban J connectivity index is 1.58. The molecule has 178 valence electrons. The van der Waals surface area contributed by atoms with Gasteiger partial charge in [0.25, 0.3) is 15.9 Å². The highest BCUT2D eigenvalue weighted by molar-refractivity contribution is 7.92. The summed E-state index contributed by atoms with van der Waals surface area (Å²) in [6.45, 7) is 6.35. The summed E-state index contributed by atoms with van der Waals surface area (Å²) in [6, 6.07) is 19.9. The van der Waals surface area contributed by atoms with Crippen molar-refractivity contribution in [3.63, 3.8) is 0 Å². The molecule has 7 heteroatoms. The number of hydrogen-bond acceptors (Lipinski definition) is 4. The van der Waals surface area contributed by atoms with E-state index in [1.807, 2.05) is 6.92 Å². The number of benzene rings is 3. The molecule has 1 aliphatic rings. The van der Waals surface area contributed by atoms with Gasteiger partial charge in [-0.05, 0) is 60.7 Å². The molecule has 0 bridgehead atoms. The highest BCUT2D eigenvalue weighted by Gasteiger charge is 2.37. The summed E-state index contributed by atoms with van der Waals surface area (Å²) in [6.07, 6.45) is 0.819. The topological polar surface area (TPSA) is 75.7 Å². The zero-order valence-electron chi connectivity index (χ0n) is 19.7. The number of nitrogens with zero attached hydrogens (tertiary/aromatic N) is 1. The van der Waals surface area contributed by atoms with Crippen LogP contribution in [-0.2, 0) is 34.2 Å². The summed E-state index contributed by atoms with van der Waals surface area (Å²) in [5.41, 5.74) is 4.85. The van der Waals surface area contributed by atoms with Crippen molar-refractivity contribution < 1.29 is 17.9 Å². The van der Waals surface area contributed by atoms with Crippen LogP contribution in [0.5, 0.6) is 5.75 Å². The number of fused-ring (bicyclic) bond motifs is 1. The first-order valence-electron chi connectivity index (χ1n) is 11.6. The smallest absolute Gasteiger partial charge is 0.264 e. The van der Waals surface area contributed by atoms with Crippen molar-refractivity contribution in [1.82, 2.24) is 5.32 Å². The molecule has 0 saturated heterocycles. The van der Waals surface area contributed by atoms with E-state index < -0.39 is 16.1 Å². The highest BCUT2D eigenvalue weighted by atomic mass is 32.2. The van der Waals surface area contributed by atoms with E-state index in [1.165, 1.54) is 15.4 Å². The van der Waals surface area contributed by atoms with Crippen LogP contribution in [0.3, 0.4) is 0 Å². The summed E-state index contributed by atoms with van der Waals surface area (Å²) in [5, 5.41) is 2.96. The second-order valence-electron chi connectivity index (χ2n) is 8.45. The minimum atomic E-state index is -3.87. The fourth-order valence-corrected chi connectivity index (χ4v) is 5.58. The summed E-state index contributed by atoms with van der Waals surface area (Å²) < 4.78 is 34.2. The molecule has 0 unspecified atom stereocenters. The molecule has 0 fully saturated rings. The zero-order chi connectivity index (χ0) is 24.3. The number of carbonyl (C=O) groups is 1. The van der Waals surface area contributed by atoms with Crippen LogP contribution in [0.15, 0.2) is 71.6 Å². The molecule has 1 aliphatic heterocycles. The number of hydrogen-bond donors (Lipinski definition) is 1. The minimum Gasteiger partial charge on any atom is -0.476 e. The maximum absolute atomic E-state index is 13.5. The Morgan fingerprint density at radius 3 is 2.44 bits per heavy atom. The molecule has 0 aromatic heterocycles. The third-order valence-corrected chi connectivity index (χ3v) is 7.94. The van der Waals surface area contributed by atoms with Crippen molar-refractivity contribution in [3.8, 4) is 5.75 Å². The van der Waals surface area contributed by atoms with Crippen LogP contribution in [-0.4, -0.2) is 27.0 Å². The predicted octanol–water partition coefficient (Wildman–Crippen LogP) is 4.39. The molecule has 34 heavy (non-hydrogen) atoms. The number of carbonyl (C=O) groups excluding carboxylic acids is 1. The zero-order valence-corrected chi connectivity index (χ0v) is 20.6. The van der Waals surface area contributed by atoms with Crippen LogP contribution < -0.4 is 14.4 Å². The fourth-order valence-electron chi connectivity index (χ4n) is 4.11. The Hall–Kier alpha value is -3.32. The number of para-hydroxylation sites is 2. The van der Waals surface area contributed by atoms with E-state index >= 15 is 0 Å². The Kier molecular flexibility index (Phi) is 6.93. The van der Waals surface area contributed by atoms with Gasteiger partial charge in [0.1, 0.15) is 5.75 Å². The Bertz CT molecular complexity index is 1290. The van der Waals surface area contributed by atoms with Crippen molar-refractivity contribution in [3.05, 3.63) is 89.0 Å². The van der Waals surface area contributed by atoms with E-state index in [0.29, 0.717) is 18.0 Å². The number of rotatable bonds is 7. The number of ether oxygens (including phenoxy) is 1. The van der Waals surface area contributed by atoms with Gasteiger partial charge in [-0.1, -0.05) is 61.9 Å². The molecule has 0 saturated carbocycles. The summed E-state index contributed by atoms with van der Waals surface area (Å²) in [7, 11) is -3.87. The molecular formula is C27H30N2O4S. The first-order chi connectivity index (χ1) is 16.3. The molecule has 3 aromatic carbocycles. The van der Waals surface area contributed by atoms with E-state index in [4.69, 9.17) is 4.74 Å². The van der Waals surface area contributed by atoms with Gasteiger partial charge in [0.15, 0.2) is 6.10 Å². The van der Waals surface area contributed by atoms with E-state index in [-0.39, 0.29) is 17.3 Å². The van der Waals surface area contributed by atoms with Crippen molar-refractivity contribution in [2.24, 2.45) is 0 Å². The fraction of sp³-hybridized carbons (Fsp3) is 0.296. The Morgan fingerprint density at radius 2 is 1.74 bits per heavy atom. The minimum absolute atomic E-state index is 0.102. The van der Waals surface area contributed by atoms with Crippen LogP contribution in [0, 0.1) is 6.92 Å². The second kappa shape index (κ2) is 9.89. The van der Waals surface area contributed by atoms with E-state index in [9.17, 15) is 13.2 Å². The molecule has 3 aromatic rings.